The van der Waals surface area contributed by atoms with Crippen molar-refractivity contribution >= 4 is 12.4 Å². The van der Waals surface area contributed by atoms with E-state index in [0.717, 1.165) is 12.6 Å². The molecule has 0 aromatic heterocycles. The minimum Gasteiger partial charge on any atom is -0.310 e. The SMILES string of the molecule is Cl.c1ccc(CNC2CCCCCCC2)cc1. The molecule has 0 aliphatic heterocycles. The number of benzene rings is 1. The van der Waals surface area contributed by atoms with E-state index in [0.29, 0.717) is 0 Å². The number of hydrogen-bond donors (Lipinski definition) is 1. The Labute approximate surface area is 111 Å². The molecule has 1 aliphatic carbocycles. The molecule has 1 aliphatic rings. The molecule has 2 heteroatoms. The van der Waals surface area contributed by atoms with E-state index in [4.69, 9.17) is 0 Å². The third-order valence-corrected chi connectivity index (χ3v) is 3.54. The van der Waals surface area contributed by atoms with Crippen molar-refractivity contribution in [3.63, 3.8) is 0 Å². The maximum atomic E-state index is 3.71. The number of hydrogen-bond acceptors (Lipinski definition) is 1. The van der Waals surface area contributed by atoms with Gasteiger partial charge in [-0.15, -0.1) is 12.4 Å². The van der Waals surface area contributed by atoms with Crippen molar-refractivity contribution in [3.8, 4) is 0 Å². The van der Waals surface area contributed by atoms with Gasteiger partial charge in [0.2, 0.25) is 0 Å². The van der Waals surface area contributed by atoms with Gasteiger partial charge in [-0.1, -0.05) is 62.4 Å². The normalized spacial score (nSPS) is 17.9. The van der Waals surface area contributed by atoms with E-state index < -0.39 is 0 Å². The minimum absolute atomic E-state index is 0. The van der Waals surface area contributed by atoms with E-state index in [9.17, 15) is 0 Å². The molecule has 1 aromatic carbocycles. The van der Waals surface area contributed by atoms with Crippen LogP contribution in [0.2, 0.25) is 0 Å². The van der Waals surface area contributed by atoms with Crippen LogP contribution in [-0.2, 0) is 6.54 Å². The van der Waals surface area contributed by atoms with Gasteiger partial charge < -0.3 is 5.32 Å². The second kappa shape index (κ2) is 8.54. The fourth-order valence-electron chi connectivity index (χ4n) is 2.52. The van der Waals surface area contributed by atoms with Crippen LogP contribution in [0.25, 0.3) is 0 Å². The maximum Gasteiger partial charge on any atom is 0.0208 e. The molecule has 0 bridgehead atoms. The molecule has 0 saturated heterocycles. The van der Waals surface area contributed by atoms with Crippen molar-refractivity contribution in [2.24, 2.45) is 0 Å². The summed E-state index contributed by atoms with van der Waals surface area (Å²) in [5.74, 6) is 0. The molecule has 0 unspecified atom stereocenters. The molecule has 0 radical (unpaired) electrons. The Kier molecular flexibility index (Phi) is 7.30. The van der Waals surface area contributed by atoms with Crippen LogP contribution in [0.3, 0.4) is 0 Å². The van der Waals surface area contributed by atoms with E-state index in [1.807, 2.05) is 0 Å². The fraction of sp³-hybridized carbons (Fsp3) is 0.600. The highest BCUT2D eigenvalue weighted by Crippen LogP contribution is 2.17. The molecule has 2 rings (SSSR count). The van der Waals surface area contributed by atoms with Gasteiger partial charge in [-0.05, 0) is 18.4 Å². The lowest BCUT2D eigenvalue weighted by Crippen LogP contribution is -2.29. The number of nitrogens with one attached hydrogen (secondary N) is 1. The summed E-state index contributed by atoms with van der Waals surface area (Å²) in [5.41, 5.74) is 1.41. The Morgan fingerprint density at radius 3 is 2.12 bits per heavy atom. The van der Waals surface area contributed by atoms with E-state index >= 15 is 0 Å². The Hall–Kier alpha value is -0.530. The Balaban J connectivity index is 0.00000144. The third-order valence-electron chi connectivity index (χ3n) is 3.54. The van der Waals surface area contributed by atoms with Crippen LogP contribution in [0.15, 0.2) is 30.3 Å². The summed E-state index contributed by atoms with van der Waals surface area (Å²) in [6.07, 6.45) is 9.87. The largest absolute Gasteiger partial charge is 0.310 e. The van der Waals surface area contributed by atoms with Crippen LogP contribution in [-0.4, -0.2) is 6.04 Å². The first kappa shape index (κ1) is 14.5. The smallest absolute Gasteiger partial charge is 0.0208 e. The second-order valence-corrected chi connectivity index (χ2v) is 4.91. The van der Waals surface area contributed by atoms with Crippen LogP contribution in [0, 0.1) is 0 Å². The zero-order valence-corrected chi connectivity index (χ0v) is 11.3. The van der Waals surface area contributed by atoms with Crippen molar-refractivity contribution in [2.75, 3.05) is 0 Å². The van der Waals surface area contributed by atoms with Crippen LogP contribution in [0.5, 0.6) is 0 Å². The molecule has 1 nitrogen and oxygen atoms in total. The predicted octanol–water partition coefficient (Wildman–Crippen LogP) is 4.31. The molecule has 0 atom stereocenters. The molecule has 0 amide bonds. The van der Waals surface area contributed by atoms with Crippen molar-refractivity contribution in [1.29, 1.82) is 0 Å². The van der Waals surface area contributed by atoms with Crippen molar-refractivity contribution in [3.05, 3.63) is 35.9 Å². The predicted molar refractivity (Wildman–Crippen MR) is 76.6 cm³/mol. The van der Waals surface area contributed by atoms with Gasteiger partial charge in [0.25, 0.3) is 0 Å². The summed E-state index contributed by atoms with van der Waals surface area (Å²) in [6, 6.07) is 11.5. The first-order valence-electron chi connectivity index (χ1n) is 6.72. The molecular weight excluding hydrogens is 230 g/mol. The van der Waals surface area contributed by atoms with Crippen LogP contribution >= 0.6 is 12.4 Å². The van der Waals surface area contributed by atoms with Crippen molar-refractivity contribution < 1.29 is 0 Å². The minimum atomic E-state index is 0. The highest BCUT2D eigenvalue weighted by Gasteiger charge is 2.10. The van der Waals surface area contributed by atoms with E-state index in [1.165, 1.54) is 50.5 Å². The monoisotopic (exact) mass is 253 g/mol. The first-order chi connectivity index (χ1) is 7.95. The van der Waals surface area contributed by atoms with Gasteiger partial charge in [0, 0.05) is 12.6 Å². The fourth-order valence-corrected chi connectivity index (χ4v) is 2.52. The topological polar surface area (TPSA) is 12.0 Å². The van der Waals surface area contributed by atoms with Gasteiger partial charge in [0.15, 0.2) is 0 Å². The zero-order chi connectivity index (χ0) is 11.1. The summed E-state index contributed by atoms with van der Waals surface area (Å²) >= 11 is 0. The molecule has 1 aromatic rings. The summed E-state index contributed by atoms with van der Waals surface area (Å²) in [7, 11) is 0. The summed E-state index contributed by atoms with van der Waals surface area (Å²) in [4.78, 5) is 0. The van der Waals surface area contributed by atoms with Gasteiger partial charge >= 0.3 is 0 Å². The van der Waals surface area contributed by atoms with Crippen molar-refractivity contribution in [2.45, 2.75) is 57.5 Å². The lowest BCUT2D eigenvalue weighted by atomic mass is 9.96. The van der Waals surface area contributed by atoms with Crippen LogP contribution < -0.4 is 5.32 Å². The highest BCUT2D eigenvalue weighted by atomic mass is 35.5. The van der Waals surface area contributed by atoms with Gasteiger partial charge in [-0.2, -0.15) is 0 Å². The maximum absolute atomic E-state index is 3.71. The molecule has 17 heavy (non-hydrogen) atoms. The van der Waals surface area contributed by atoms with Crippen LogP contribution in [0.4, 0.5) is 0 Å². The lowest BCUT2D eigenvalue weighted by molar-refractivity contribution is 0.389. The molecule has 1 saturated carbocycles. The van der Waals surface area contributed by atoms with Gasteiger partial charge in [0.1, 0.15) is 0 Å². The summed E-state index contributed by atoms with van der Waals surface area (Å²) in [5, 5.41) is 3.71. The average molecular weight is 254 g/mol. The Bertz CT molecular complexity index is 278. The van der Waals surface area contributed by atoms with Gasteiger partial charge in [0.05, 0.1) is 0 Å². The standard InChI is InChI=1S/C15H23N.ClH/c1-2-7-11-15(12-8-3-1)16-13-14-9-5-4-6-10-14;/h4-6,9-10,15-16H,1-3,7-8,11-13H2;1H. The van der Waals surface area contributed by atoms with Gasteiger partial charge in [-0.3, -0.25) is 0 Å². The van der Waals surface area contributed by atoms with E-state index in [2.05, 4.69) is 35.6 Å². The Morgan fingerprint density at radius 2 is 1.47 bits per heavy atom. The number of halogens is 1. The summed E-state index contributed by atoms with van der Waals surface area (Å²) < 4.78 is 0. The number of rotatable bonds is 3. The van der Waals surface area contributed by atoms with E-state index in [1.54, 1.807) is 0 Å². The molecule has 0 spiro atoms. The molecule has 96 valence electrons. The average Bonchev–Trinajstić information content (AvgIpc) is 2.29. The van der Waals surface area contributed by atoms with Crippen molar-refractivity contribution in [1.82, 2.24) is 5.32 Å². The lowest BCUT2D eigenvalue weighted by Gasteiger charge is -2.21. The summed E-state index contributed by atoms with van der Waals surface area (Å²) in [6.45, 7) is 1.03. The van der Waals surface area contributed by atoms with Gasteiger partial charge in [-0.25, -0.2) is 0 Å². The third kappa shape index (κ3) is 5.56. The van der Waals surface area contributed by atoms with E-state index in [-0.39, 0.29) is 12.4 Å². The second-order valence-electron chi connectivity index (χ2n) is 4.91. The molecular formula is C15H24ClN. The first-order valence-corrected chi connectivity index (χ1v) is 6.72. The molecule has 1 fully saturated rings. The Morgan fingerprint density at radius 1 is 0.882 bits per heavy atom. The highest BCUT2D eigenvalue weighted by molar-refractivity contribution is 5.85. The zero-order valence-electron chi connectivity index (χ0n) is 10.5. The van der Waals surface area contributed by atoms with Crippen LogP contribution in [0.1, 0.15) is 50.5 Å². The quantitative estimate of drug-likeness (QED) is 0.847. The molecule has 1 N–H and O–H groups in total. The molecule has 0 heterocycles.